The maximum Gasteiger partial charge on any atom is 0.273 e. The summed E-state index contributed by atoms with van der Waals surface area (Å²) in [6.07, 6.45) is 3.38. The smallest absolute Gasteiger partial charge is 0.273 e. The van der Waals surface area contributed by atoms with Crippen LogP contribution in [0.3, 0.4) is 0 Å². The molecule has 29 heavy (non-hydrogen) atoms. The fourth-order valence-corrected chi connectivity index (χ4v) is 6.28. The Morgan fingerprint density at radius 2 is 1.97 bits per heavy atom. The number of aromatic nitrogens is 1. The first-order chi connectivity index (χ1) is 14.0. The fraction of sp³-hybridized carbons (Fsp3) is 0.143. The summed E-state index contributed by atoms with van der Waals surface area (Å²) in [5.74, 6) is -0.278. The van der Waals surface area contributed by atoms with Crippen molar-refractivity contribution in [3.05, 3.63) is 79.0 Å². The third kappa shape index (κ3) is 3.68. The number of nitrogens with zero attached hydrogens (tertiary/aromatic N) is 2. The SMILES string of the molecule is C=CC(=O)NC1CCN(S(=O)(=O)c2ccc(-c3ccccn3)s2)c2ccccc21. The van der Waals surface area contributed by atoms with E-state index in [0.717, 1.165) is 16.1 Å². The van der Waals surface area contributed by atoms with Gasteiger partial charge >= 0.3 is 0 Å². The molecule has 0 bridgehead atoms. The minimum absolute atomic E-state index is 0.254. The van der Waals surface area contributed by atoms with Gasteiger partial charge in [0.05, 0.1) is 22.3 Å². The van der Waals surface area contributed by atoms with Gasteiger partial charge in [0.2, 0.25) is 5.91 Å². The van der Waals surface area contributed by atoms with Crippen molar-refractivity contribution in [2.45, 2.75) is 16.7 Å². The molecular weight excluding hydrogens is 406 g/mol. The van der Waals surface area contributed by atoms with Crippen molar-refractivity contribution in [3.63, 3.8) is 0 Å². The van der Waals surface area contributed by atoms with E-state index in [4.69, 9.17) is 0 Å². The summed E-state index contributed by atoms with van der Waals surface area (Å²) in [7, 11) is -3.73. The lowest BCUT2D eigenvalue weighted by Crippen LogP contribution is -2.40. The molecule has 1 amide bonds. The van der Waals surface area contributed by atoms with Crippen molar-refractivity contribution in [2.75, 3.05) is 10.8 Å². The highest BCUT2D eigenvalue weighted by Crippen LogP contribution is 2.39. The number of thiophene rings is 1. The van der Waals surface area contributed by atoms with E-state index in [9.17, 15) is 13.2 Å². The van der Waals surface area contributed by atoms with Crippen molar-refractivity contribution in [2.24, 2.45) is 0 Å². The van der Waals surface area contributed by atoms with Crippen LogP contribution in [0.25, 0.3) is 10.6 Å². The molecule has 148 valence electrons. The summed E-state index contributed by atoms with van der Waals surface area (Å²) in [6.45, 7) is 3.76. The highest BCUT2D eigenvalue weighted by atomic mass is 32.2. The van der Waals surface area contributed by atoms with Gasteiger partial charge in [0.1, 0.15) is 4.21 Å². The number of amides is 1. The standard InChI is InChI=1S/C21H19N3O3S2/c1-2-20(25)23-16-12-14-24(18-9-4-3-7-15(16)18)29(26,27)21-11-10-19(28-21)17-8-5-6-13-22-17/h2-11,13,16H,1,12,14H2,(H,23,25). The van der Waals surface area contributed by atoms with E-state index >= 15 is 0 Å². The Balaban J connectivity index is 1.69. The fourth-order valence-electron chi connectivity index (χ4n) is 3.38. The van der Waals surface area contributed by atoms with E-state index in [1.807, 2.05) is 30.3 Å². The van der Waals surface area contributed by atoms with Gasteiger partial charge in [0.25, 0.3) is 10.0 Å². The van der Waals surface area contributed by atoms with Crippen LogP contribution in [0.4, 0.5) is 5.69 Å². The minimum atomic E-state index is -3.73. The second-order valence-corrected chi connectivity index (χ2v) is 9.70. The Hall–Kier alpha value is -2.97. The zero-order chi connectivity index (χ0) is 20.4. The predicted octanol–water partition coefficient (Wildman–Crippen LogP) is 3.75. The van der Waals surface area contributed by atoms with Gasteiger partial charge in [0, 0.05) is 12.7 Å². The normalized spacial score (nSPS) is 16.1. The molecule has 1 aromatic carbocycles. The Bertz CT molecular complexity index is 1160. The topological polar surface area (TPSA) is 79.4 Å². The van der Waals surface area contributed by atoms with E-state index in [1.165, 1.54) is 21.7 Å². The van der Waals surface area contributed by atoms with Crippen LogP contribution >= 0.6 is 11.3 Å². The summed E-state index contributed by atoms with van der Waals surface area (Å²) >= 11 is 1.20. The van der Waals surface area contributed by atoms with E-state index in [1.54, 1.807) is 30.5 Å². The van der Waals surface area contributed by atoms with Crippen molar-refractivity contribution in [3.8, 4) is 10.6 Å². The van der Waals surface area contributed by atoms with Crippen molar-refractivity contribution in [1.82, 2.24) is 10.3 Å². The molecule has 1 atom stereocenters. The van der Waals surface area contributed by atoms with Gasteiger partial charge in [-0.25, -0.2) is 8.42 Å². The number of pyridine rings is 1. The van der Waals surface area contributed by atoms with Crippen molar-refractivity contribution in [1.29, 1.82) is 0 Å². The molecule has 1 unspecified atom stereocenters. The summed E-state index contributed by atoms with van der Waals surface area (Å²) in [5.41, 5.74) is 2.10. The molecule has 4 rings (SSSR count). The number of anilines is 1. The number of benzene rings is 1. The molecule has 1 aliphatic heterocycles. The Labute approximate surface area is 173 Å². The van der Waals surface area contributed by atoms with Crippen molar-refractivity contribution < 1.29 is 13.2 Å². The molecule has 2 aromatic heterocycles. The molecule has 3 heterocycles. The highest BCUT2D eigenvalue weighted by molar-refractivity contribution is 7.94. The zero-order valence-electron chi connectivity index (χ0n) is 15.5. The molecule has 0 fully saturated rings. The maximum atomic E-state index is 13.4. The second-order valence-electron chi connectivity index (χ2n) is 6.52. The molecular formula is C21H19N3O3S2. The van der Waals surface area contributed by atoms with Gasteiger partial charge in [0.15, 0.2) is 0 Å². The maximum absolute atomic E-state index is 13.4. The summed E-state index contributed by atoms with van der Waals surface area (Å²) in [6, 6.07) is 15.9. The summed E-state index contributed by atoms with van der Waals surface area (Å²) in [4.78, 5) is 16.9. The lowest BCUT2D eigenvalue weighted by atomic mass is 9.98. The van der Waals surface area contributed by atoms with E-state index in [-0.39, 0.29) is 22.7 Å². The first-order valence-corrected chi connectivity index (χ1v) is 11.3. The monoisotopic (exact) mass is 425 g/mol. The van der Waals surface area contributed by atoms with Gasteiger partial charge in [-0.1, -0.05) is 30.8 Å². The third-order valence-electron chi connectivity index (χ3n) is 4.75. The number of sulfonamides is 1. The molecule has 0 saturated heterocycles. The first kappa shape index (κ1) is 19.4. The largest absolute Gasteiger partial charge is 0.346 e. The van der Waals surface area contributed by atoms with Gasteiger partial charge < -0.3 is 5.32 Å². The molecule has 6 nitrogen and oxygen atoms in total. The minimum Gasteiger partial charge on any atom is -0.346 e. The number of carbonyl (C=O) groups is 1. The molecule has 1 N–H and O–H groups in total. The number of hydrogen-bond donors (Lipinski definition) is 1. The zero-order valence-corrected chi connectivity index (χ0v) is 17.1. The van der Waals surface area contributed by atoms with Crippen LogP contribution in [0.5, 0.6) is 0 Å². The second kappa shape index (κ2) is 7.81. The lowest BCUT2D eigenvalue weighted by molar-refractivity contribution is -0.117. The van der Waals surface area contributed by atoms with Crippen LogP contribution < -0.4 is 9.62 Å². The van der Waals surface area contributed by atoms with Gasteiger partial charge in [-0.2, -0.15) is 0 Å². The molecule has 8 heteroatoms. The molecule has 1 aliphatic rings. The van der Waals surface area contributed by atoms with E-state index in [2.05, 4.69) is 16.9 Å². The Kier molecular flexibility index (Phi) is 5.21. The average molecular weight is 426 g/mol. The van der Waals surface area contributed by atoms with Crippen LogP contribution in [0.1, 0.15) is 18.0 Å². The van der Waals surface area contributed by atoms with E-state index in [0.29, 0.717) is 12.1 Å². The van der Waals surface area contributed by atoms with Gasteiger partial charge in [-0.15, -0.1) is 11.3 Å². The molecule has 0 spiro atoms. The summed E-state index contributed by atoms with van der Waals surface area (Å²) < 4.78 is 28.5. The van der Waals surface area contributed by atoms with Crippen LogP contribution in [-0.2, 0) is 14.8 Å². The Morgan fingerprint density at radius 1 is 1.17 bits per heavy atom. The molecule has 3 aromatic rings. The quantitative estimate of drug-likeness (QED) is 0.632. The number of para-hydroxylation sites is 1. The molecule has 0 aliphatic carbocycles. The molecule has 0 radical (unpaired) electrons. The van der Waals surface area contributed by atoms with Crippen LogP contribution in [0.2, 0.25) is 0 Å². The highest BCUT2D eigenvalue weighted by Gasteiger charge is 2.34. The molecule has 0 saturated carbocycles. The number of fused-ring (bicyclic) bond motifs is 1. The number of carbonyl (C=O) groups excluding carboxylic acids is 1. The van der Waals surface area contributed by atoms with Gasteiger partial charge in [-0.05, 0) is 48.4 Å². The average Bonchev–Trinajstić information content (AvgIpc) is 3.25. The van der Waals surface area contributed by atoms with Crippen LogP contribution in [-0.4, -0.2) is 25.9 Å². The Morgan fingerprint density at radius 3 is 2.72 bits per heavy atom. The number of hydrogen-bond acceptors (Lipinski definition) is 5. The number of nitrogens with one attached hydrogen (secondary N) is 1. The number of rotatable bonds is 5. The first-order valence-electron chi connectivity index (χ1n) is 9.06. The third-order valence-corrected chi connectivity index (χ3v) is 8.14. The van der Waals surface area contributed by atoms with Crippen LogP contribution in [0, 0.1) is 0 Å². The van der Waals surface area contributed by atoms with Crippen molar-refractivity contribution >= 4 is 33.0 Å². The van der Waals surface area contributed by atoms with E-state index < -0.39 is 10.0 Å². The van der Waals surface area contributed by atoms with Crippen LogP contribution in [0.15, 0.2) is 77.7 Å². The van der Waals surface area contributed by atoms with Gasteiger partial charge in [-0.3, -0.25) is 14.1 Å². The predicted molar refractivity (Wildman–Crippen MR) is 114 cm³/mol. The summed E-state index contributed by atoms with van der Waals surface area (Å²) in [5, 5.41) is 2.88. The lowest BCUT2D eigenvalue weighted by Gasteiger charge is -2.34.